The van der Waals surface area contributed by atoms with Gasteiger partial charge in [0.05, 0.1) is 6.10 Å². The molecule has 3 heteroatoms. The average molecular weight is 212 g/mol. The first-order valence-electron chi connectivity index (χ1n) is 6.42. The minimum Gasteiger partial charge on any atom is -0.378 e. The number of ether oxygens (including phenoxy) is 1. The van der Waals surface area contributed by atoms with E-state index in [0.717, 1.165) is 19.1 Å². The minimum atomic E-state index is 0.539. The molecule has 0 aromatic carbocycles. The lowest BCUT2D eigenvalue weighted by molar-refractivity contribution is 0.104. The van der Waals surface area contributed by atoms with E-state index in [4.69, 9.17) is 4.74 Å². The Morgan fingerprint density at radius 1 is 1.40 bits per heavy atom. The van der Waals surface area contributed by atoms with Crippen molar-refractivity contribution < 1.29 is 4.74 Å². The van der Waals surface area contributed by atoms with Crippen molar-refractivity contribution in [3.05, 3.63) is 0 Å². The van der Waals surface area contributed by atoms with E-state index in [1.807, 2.05) is 0 Å². The maximum absolute atomic E-state index is 5.59. The molecule has 3 atom stereocenters. The fourth-order valence-electron chi connectivity index (χ4n) is 2.61. The predicted molar refractivity (Wildman–Crippen MR) is 62.0 cm³/mol. The number of hydrogen-bond donors (Lipinski definition) is 2. The Hall–Kier alpha value is -0.120. The molecule has 0 aromatic heterocycles. The van der Waals surface area contributed by atoms with Gasteiger partial charge in [-0.25, -0.2) is 0 Å². The van der Waals surface area contributed by atoms with E-state index in [9.17, 15) is 0 Å². The SMILES string of the molecule is CC1NCCC1CNCCC1CCCO1. The topological polar surface area (TPSA) is 33.3 Å². The van der Waals surface area contributed by atoms with Crippen LogP contribution in [-0.2, 0) is 4.74 Å². The van der Waals surface area contributed by atoms with Crippen LogP contribution in [0.3, 0.4) is 0 Å². The van der Waals surface area contributed by atoms with Gasteiger partial charge in [-0.15, -0.1) is 0 Å². The molecule has 3 unspecified atom stereocenters. The van der Waals surface area contributed by atoms with Crippen LogP contribution in [0.15, 0.2) is 0 Å². The molecule has 0 saturated carbocycles. The second-order valence-electron chi connectivity index (χ2n) is 4.92. The van der Waals surface area contributed by atoms with E-state index < -0.39 is 0 Å². The number of nitrogens with one attached hydrogen (secondary N) is 2. The van der Waals surface area contributed by atoms with Gasteiger partial charge in [-0.2, -0.15) is 0 Å². The summed E-state index contributed by atoms with van der Waals surface area (Å²) in [6, 6.07) is 0.695. The monoisotopic (exact) mass is 212 g/mol. The molecule has 2 aliphatic rings. The summed E-state index contributed by atoms with van der Waals surface area (Å²) in [5, 5.41) is 7.05. The zero-order valence-corrected chi connectivity index (χ0v) is 9.80. The summed E-state index contributed by atoms with van der Waals surface area (Å²) in [4.78, 5) is 0. The van der Waals surface area contributed by atoms with Gasteiger partial charge in [0.25, 0.3) is 0 Å². The first kappa shape index (κ1) is 11.4. The Morgan fingerprint density at radius 2 is 2.33 bits per heavy atom. The molecule has 0 bridgehead atoms. The van der Waals surface area contributed by atoms with Crippen LogP contribution in [0, 0.1) is 5.92 Å². The van der Waals surface area contributed by atoms with Crippen LogP contribution in [0.25, 0.3) is 0 Å². The molecule has 2 N–H and O–H groups in total. The first-order chi connectivity index (χ1) is 7.36. The van der Waals surface area contributed by atoms with Gasteiger partial charge in [0.1, 0.15) is 0 Å². The van der Waals surface area contributed by atoms with Gasteiger partial charge in [-0.3, -0.25) is 0 Å². The largest absolute Gasteiger partial charge is 0.378 e. The number of hydrogen-bond acceptors (Lipinski definition) is 3. The summed E-state index contributed by atoms with van der Waals surface area (Å²) >= 11 is 0. The zero-order valence-electron chi connectivity index (χ0n) is 9.80. The molecule has 0 amide bonds. The number of rotatable bonds is 5. The van der Waals surface area contributed by atoms with Crippen LogP contribution >= 0.6 is 0 Å². The van der Waals surface area contributed by atoms with Gasteiger partial charge in [-0.1, -0.05) is 0 Å². The molecule has 88 valence electrons. The Morgan fingerprint density at radius 3 is 3.00 bits per heavy atom. The van der Waals surface area contributed by atoms with Crippen LogP contribution in [0.5, 0.6) is 0 Å². The van der Waals surface area contributed by atoms with Gasteiger partial charge in [0.2, 0.25) is 0 Å². The average Bonchev–Trinajstić information content (AvgIpc) is 2.85. The van der Waals surface area contributed by atoms with E-state index in [1.165, 1.54) is 38.8 Å². The first-order valence-corrected chi connectivity index (χ1v) is 6.42. The highest BCUT2D eigenvalue weighted by Crippen LogP contribution is 2.15. The van der Waals surface area contributed by atoms with Crippen molar-refractivity contribution in [1.82, 2.24) is 10.6 Å². The van der Waals surface area contributed by atoms with Crippen molar-refractivity contribution in [1.29, 1.82) is 0 Å². The maximum atomic E-state index is 5.59. The molecule has 0 aromatic rings. The van der Waals surface area contributed by atoms with Crippen molar-refractivity contribution in [3.8, 4) is 0 Å². The zero-order chi connectivity index (χ0) is 10.5. The molecule has 0 radical (unpaired) electrons. The highest BCUT2D eigenvalue weighted by molar-refractivity contribution is 4.81. The van der Waals surface area contributed by atoms with E-state index in [0.29, 0.717) is 12.1 Å². The summed E-state index contributed by atoms with van der Waals surface area (Å²) in [6.07, 6.45) is 5.58. The Kier molecular flexibility index (Phi) is 4.42. The highest BCUT2D eigenvalue weighted by Gasteiger charge is 2.22. The van der Waals surface area contributed by atoms with Crippen LogP contribution in [0.2, 0.25) is 0 Å². The molecule has 0 aliphatic carbocycles. The summed E-state index contributed by atoms with van der Waals surface area (Å²) in [6.45, 7) is 6.75. The smallest absolute Gasteiger partial charge is 0.0588 e. The second kappa shape index (κ2) is 5.83. The molecular formula is C12H24N2O. The predicted octanol–water partition coefficient (Wildman–Crippen LogP) is 1.14. The third-order valence-corrected chi connectivity index (χ3v) is 3.76. The summed E-state index contributed by atoms with van der Waals surface area (Å²) in [5.74, 6) is 0.828. The maximum Gasteiger partial charge on any atom is 0.0588 e. The molecule has 2 aliphatic heterocycles. The van der Waals surface area contributed by atoms with Crippen LogP contribution in [0.4, 0.5) is 0 Å². The summed E-state index contributed by atoms with van der Waals surface area (Å²) in [7, 11) is 0. The van der Waals surface area contributed by atoms with Crippen LogP contribution in [-0.4, -0.2) is 38.4 Å². The summed E-state index contributed by atoms with van der Waals surface area (Å²) < 4.78 is 5.59. The molecule has 0 spiro atoms. The molecule has 2 heterocycles. The highest BCUT2D eigenvalue weighted by atomic mass is 16.5. The summed E-state index contributed by atoms with van der Waals surface area (Å²) in [5.41, 5.74) is 0. The third-order valence-electron chi connectivity index (χ3n) is 3.76. The quantitative estimate of drug-likeness (QED) is 0.671. The molecule has 3 nitrogen and oxygen atoms in total. The third kappa shape index (κ3) is 3.44. The second-order valence-corrected chi connectivity index (χ2v) is 4.92. The molecule has 15 heavy (non-hydrogen) atoms. The molecule has 2 fully saturated rings. The van der Waals surface area contributed by atoms with E-state index in [-0.39, 0.29) is 0 Å². The minimum absolute atomic E-state index is 0.539. The van der Waals surface area contributed by atoms with Gasteiger partial charge < -0.3 is 15.4 Å². The van der Waals surface area contributed by atoms with Crippen molar-refractivity contribution in [2.24, 2.45) is 5.92 Å². The van der Waals surface area contributed by atoms with Gasteiger partial charge in [0, 0.05) is 12.6 Å². The Balaban J connectivity index is 1.51. The normalized spacial score (nSPS) is 36.2. The van der Waals surface area contributed by atoms with Crippen LogP contribution in [0.1, 0.15) is 32.6 Å². The van der Waals surface area contributed by atoms with Crippen molar-refractivity contribution in [3.63, 3.8) is 0 Å². The Labute approximate surface area is 93.0 Å². The van der Waals surface area contributed by atoms with E-state index in [1.54, 1.807) is 0 Å². The molecule has 2 rings (SSSR count). The van der Waals surface area contributed by atoms with Gasteiger partial charge in [-0.05, 0) is 58.2 Å². The van der Waals surface area contributed by atoms with Crippen molar-refractivity contribution in [2.75, 3.05) is 26.2 Å². The van der Waals surface area contributed by atoms with Gasteiger partial charge >= 0.3 is 0 Å². The lowest BCUT2D eigenvalue weighted by Gasteiger charge is -2.16. The fourth-order valence-corrected chi connectivity index (χ4v) is 2.61. The fraction of sp³-hybridized carbons (Fsp3) is 1.00. The lowest BCUT2D eigenvalue weighted by atomic mass is 10.0. The van der Waals surface area contributed by atoms with E-state index in [2.05, 4.69) is 17.6 Å². The van der Waals surface area contributed by atoms with E-state index >= 15 is 0 Å². The molecule has 2 saturated heterocycles. The van der Waals surface area contributed by atoms with Crippen LogP contribution < -0.4 is 10.6 Å². The lowest BCUT2D eigenvalue weighted by Crippen LogP contribution is -2.32. The van der Waals surface area contributed by atoms with Gasteiger partial charge in [0.15, 0.2) is 0 Å². The van der Waals surface area contributed by atoms with Crippen molar-refractivity contribution >= 4 is 0 Å². The van der Waals surface area contributed by atoms with Crippen molar-refractivity contribution in [2.45, 2.75) is 44.8 Å². The molecular weight excluding hydrogens is 188 g/mol. The standard InChI is InChI=1S/C12H24N2O/c1-10-11(4-7-14-10)9-13-6-5-12-3-2-8-15-12/h10-14H,2-9H2,1H3. The Bertz CT molecular complexity index is 180.